The molecule has 2 aromatic carbocycles. The number of nitrogens with one attached hydrogen (secondary N) is 1. The second kappa shape index (κ2) is 9.22. The molecular formula is C22H25N5O3S. The third-order valence-corrected chi connectivity index (χ3v) is 5.55. The molecule has 3 aromatic rings. The molecule has 1 heterocycles. The Morgan fingerprint density at radius 3 is 2.29 bits per heavy atom. The SMILES string of the molecule is COc1ccc(C(=O)NC(=O)CSc2nnc(-c3ccc(C(C)(C)C)cc3)n2N)cc1. The van der Waals surface area contributed by atoms with E-state index in [0.717, 1.165) is 17.3 Å². The number of benzene rings is 2. The molecule has 9 heteroatoms. The minimum atomic E-state index is -0.484. The van der Waals surface area contributed by atoms with E-state index >= 15 is 0 Å². The number of nitrogen functional groups attached to an aromatic ring is 1. The smallest absolute Gasteiger partial charge is 0.257 e. The van der Waals surface area contributed by atoms with Crippen molar-refractivity contribution in [2.45, 2.75) is 31.3 Å². The molecule has 0 saturated carbocycles. The maximum absolute atomic E-state index is 12.2. The van der Waals surface area contributed by atoms with Crippen molar-refractivity contribution < 1.29 is 14.3 Å². The lowest BCUT2D eigenvalue weighted by Crippen LogP contribution is -2.32. The van der Waals surface area contributed by atoms with E-state index < -0.39 is 11.8 Å². The number of amides is 2. The van der Waals surface area contributed by atoms with E-state index in [2.05, 4.69) is 36.3 Å². The number of aromatic nitrogens is 3. The number of ether oxygens (including phenoxy) is 1. The van der Waals surface area contributed by atoms with Crippen LogP contribution >= 0.6 is 11.8 Å². The van der Waals surface area contributed by atoms with Gasteiger partial charge in [-0.05, 0) is 35.2 Å². The molecule has 0 radical (unpaired) electrons. The van der Waals surface area contributed by atoms with Crippen LogP contribution in [0.15, 0.2) is 53.7 Å². The van der Waals surface area contributed by atoms with E-state index in [0.29, 0.717) is 22.3 Å². The summed E-state index contributed by atoms with van der Waals surface area (Å²) in [4.78, 5) is 24.3. The number of carbonyl (C=O) groups excluding carboxylic acids is 2. The predicted octanol–water partition coefficient (Wildman–Crippen LogP) is 3.01. The number of nitrogens with two attached hydrogens (primary N) is 1. The van der Waals surface area contributed by atoms with Gasteiger partial charge in [-0.2, -0.15) is 0 Å². The van der Waals surface area contributed by atoms with Gasteiger partial charge in [-0.15, -0.1) is 10.2 Å². The Morgan fingerprint density at radius 2 is 1.71 bits per heavy atom. The third-order valence-electron chi connectivity index (χ3n) is 4.61. The van der Waals surface area contributed by atoms with Crippen molar-refractivity contribution in [3.8, 4) is 17.1 Å². The van der Waals surface area contributed by atoms with Gasteiger partial charge in [-0.3, -0.25) is 14.9 Å². The number of imide groups is 1. The predicted molar refractivity (Wildman–Crippen MR) is 120 cm³/mol. The fourth-order valence-electron chi connectivity index (χ4n) is 2.80. The molecule has 3 N–H and O–H groups in total. The molecule has 3 rings (SSSR count). The lowest BCUT2D eigenvalue weighted by molar-refractivity contribution is -0.117. The van der Waals surface area contributed by atoms with Crippen LogP contribution < -0.4 is 15.9 Å². The largest absolute Gasteiger partial charge is 0.497 e. The van der Waals surface area contributed by atoms with Crippen LogP contribution in [0.2, 0.25) is 0 Å². The monoisotopic (exact) mass is 439 g/mol. The van der Waals surface area contributed by atoms with E-state index in [-0.39, 0.29) is 11.2 Å². The van der Waals surface area contributed by atoms with Gasteiger partial charge in [-0.25, -0.2) is 4.68 Å². The molecule has 1 aromatic heterocycles. The summed E-state index contributed by atoms with van der Waals surface area (Å²) in [5.74, 6) is 6.29. The van der Waals surface area contributed by atoms with Crippen LogP contribution in [0.3, 0.4) is 0 Å². The molecule has 0 saturated heterocycles. The quantitative estimate of drug-likeness (QED) is 0.448. The molecule has 0 fully saturated rings. The summed E-state index contributed by atoms with van der Waals surface area (Å²) in [7, 11) is 1.54. The normalized spacial score (nSPS) is 11.2. The van der Waals surface area contributed by atoms with Crippen LogP contribution in [0.4, 0.5) is 0 Å². The van der Waals surface area contributed by atoms with E-state index in [1.165, 1.54) is 10.2 Å². The fourth-order valence-corrected chi connectivity index (χ4v) is 3.46. The summed E-state index contributed by atoms with van der Waals surface area (Å²) in [5, 5.41) is 10.9. The summed E-state index contributed by atoms with van der Waals surface area (Å²) in [6, 6.07) is 14.4. The van der Waals surface area contributed by atoms with Gasteiger partial charge in [0.2, 0.25) is 11.1 Å². The Balaban J connectivity index is 1.60. The number of nitrogens with zero attached hydrogens (tertiary/aromatic N) is 3. The topological polar surface area (TPSA) is 112 Å². The van der Waals surface area contributed by atoms with Crippen LogP contribution in [0.1, 0.15) is 36.7 Å². The third kappa shape index (κ3) is 5.43. The minimum Gasteiger partial charge on any atom is -0.497 e. The summed E-state index contributed by atoms with van der Waals surface area (Å²) < 4.78 is 6.40. The van der Waals surface area contributed by atoms with Crippen LogP contribution in [0, 0.1) is 0 Å². The van der Waals surface area contributed by atoms with E-state index in [9.17, 15) is 9.59 Å². The number of hydrogen-bond donors (Lipinski definition) is 2. The van der Waals surface area contributed by atoms with Gasteiger partial charge in [0.15, 0.2) is 5.82 Å². The van der Waals surface area contributed by atoms with Crippen molar-refractivity contribution in [1.82, 2.24) is 20.2 Å². The number of rotatable bonds is 6. The highest BCUT2D eigenvalue weighted by atomic mass is 32.2. The molecule has 2 amide bonds. The Hall–Kier alpha value is -3.33. The minimum absolute atomic E-state index is 0.0276. The van der Waals surface area contributed by atoms with Crippen LogP contribution in [-0.4, -0.2) is 39.6 Å². The molecule has 0 aliphatic heterocycles. The van der Waals surface area contributed by atoms with Crippen molar-refractivity contribution in [2.75, 3.05) is 18.7 Å². The zero-order valence-electron chi connectivity index (χ0n) is 17.9. The fraction of sp³-hybridized carbons (Fsp3) is 0.273. The highest BCUT2D eigenvalue weighted by Gasteiger charge is 2.17. The lowest BCUT2D eigenvalue weighted by Gasteiger charge is -2.19. The Kier molecular flexibility index (Phi) is 6.65. The van der Waals surface area contributed by atoms with Crippen molar-refractivity contribution in [2.24, 2.45) is 0 Å². The second-order valence-corrected chi connectivity index (χ2v) is 8.84. The molecule has 0 bridgehead atoms. The maximum Gasteiger partial charge on any atom is 0.257 e. The van der Waals surface area contributed by atoms with Gasteiger partial charge in [0.25, 0.3) is 5.91 Å². The van der Waals surface area contributed by atoms with E-state index in [1.54, 1.807) is 31.4 Å². The first kappa shape index (κ1) is 22.4. The molecule has 162 valence electrons. The number of thioether (sulfide) groups is 1. The first-order valence-electron chi connectivity index (χ1n) is 9.61. The molecular weight excluding hydrogens is 414 g/mol. The standard InChI is InChI=1S/C22H25N5O3S/c1-22(2,3)16-9-5-14(6-10-16)19-25-26-21(27(19)23)31-13-18(28)24-20(29)15-7-11-17(30-4)12-8-15/h5-12H,13,23H2,1-4H3,(H,24,28,29). The van der Waals surface area contributed by atoms with Crippen LogP contribution in [0.5, 0.6) is 5.75 Å². The first-order chi connectivity index (χ1) is 14.7. The first-order valence-corrected chi connectivity index (χ1v) is 10.6. The van der Waals surface area contributed by atoms with E-state index in [4.69, 9.17) is 10.6 Å². The number of hydrogen-bond acceptors (Lipinski definition) is 7. The van der Waals surface area contributed by atoms with Gasteiger partial charge < -0.3 is 10.6 Å². The van der Waals surface area contributed by atoms with Crippen molar-refractivity contribution in [3.63, 3.8) is 0 Å². The van der Waals surface area contributed by atoms with E-state index in [1.807, 2.05) is 24.3 Å². The molecule has 0 aliphatic carbocycles. The molecule has 0 atom stereocenters. The number of methoxy groups -OCH3 is 1. The second-order valence-electron chi connectivity index (χ2n) is 7.90. The highest BCUT2D eigenvalue weighted by molar-refractivity contribution is 7.99. The summed E-state index contributed by atoms with van der Waals surface area (Å²) in [6.07, 6.45) is 0. The van der Waals surface area contributed by atoms with Crippen molar-refractivity contribution >= 4 is 23.6 Å². The van der Waals surface area contributed by atoms with Crippen LogP contribution in [0.25, 0.3) is 11.4 Å². The Morgan fingerprint density at radius 1 is 1.06 bits per heavy atom. The van der Waals surface area contributed by atoms with Crippen LogP contribution in [-0.2, 0) is 10.2 Å². The summed E-state index contributed by atoms with van der Waals surface area (Å²) in [6.45, 7) is 6.44. The molecule has 0 unspecified atom stereocenters. The summed E-state index contributed by atoms with van der Waals surface area (Å²) in [5.41, 5.74) is 2.44. The Bertz CT molecular complexity index is 1070. The van der Waals surface area contributed by atoms with Gasteiger partial charge in [0, 0.05) is 11.1 Å². The van der Waals surface area contributed by atoms with Crippen molar-refractivity contribution in [3.05, 3.63) is 59.7 Å². The molecule has 0 aliphatic rings. The van der Waals surface area contributed by atoms with Crippen molar-refractivity contribution in [1.29, 1.82) is 0 Å². The van der Waals surface area contributed by atoms with Gasteiger partial charge in [0.1, 0.15) is 5.75 Å². The highest BCUT2D eigenvalue weighted by Crippen LogP contribution is 2.26. The Labute approximate surface area is 185 Å². The maximum atomic E-state index is 12.2. The zero-order valence-corrected chi connectivity index (χ0v) is 18.7. The number of carbonyl (C=O) groups is 2. The average Bonchev–Trinajstić information content (AvgIpc) is 3.12. The average molecular weight is 440 g/mol. The molecule has 0 spiro atoms. The van der Waals surface area contributed by atoms with Gasteiger partial charge in [0.05, 0.1) is 12.9 Å². The molecule has 31 heavy (non-hydrogen) atoms. The van der Waals surface area contributed by atoms with Gasteiger partial charge in [-0.1, -0.05) is 56.8 Å². The zero-order chi connectivity index (χ0) is 22.6. The van der Waals surface area contributed by atoms with Gasteiger partial charge >= 0.3 is 0 Å². The summed E-state index contributed by atoms with van der Waals surface area (Å²) >= 11 is 1.10. The lowest BCUT2D eigenvalue weighted by atomic mass is 9.87. The molecule has 8 nitrogen and oxygen atoms in total.